The number of anilines is 1. The van der Waals surface area contributed by atoms with Crippen LogP contribution in [0.1, 0.15) is 31.7 Å². The molecule has 21 heavy (non-hydrogen) atoms. The van der Waals surface area contributed by atoms with Crippen LogP contribution in [-0.2, 0) is 4.74 Å². The molecule has 0 amide bonds. The number of aryl methyl sites for hydroxylation is 1. The van der Waals surface area contributed by atoms with Gasteiger partial charge in [-0.25, -0.2) is 0 Å². The molecule has 1 aromatic rings. The Morgan fingerprint density at radius 2 is 2.05 bits per heavy atom. The van der Waals surface area contributed by atoms with Gasteiger partial charge in [-0.15, -0.1) is 0 Å². The average molecular weight is 290 g/mol. The highest BCUT2D eigenvalue weighted by Gasteiger charge is 2.33. The van der Waals surface area contributed by atoms with Gasteiger partial charge in [0, 0.05) is 37.8 Å². The normalized spacial score (nSPS) is 22.2. The lowest BCUT2D eigenvalue weighted by Gasteiger charge is -2.40. The monoisotopic (exact) mass is 290 g/mol. The van der Waals surface area contributed by atoms with Gasteiger partial charge < -0.3 is 15.0 Å². The molecule has 3 nitrogen and oxygen atoms in total. The Hall–Kier alpha value is -1.06. The second-order valence-electron chi connectivity index (χ2n) is 6.52. The van der Waals surface area contributed by atoms with E-state index in [1.807, 2.05) is 0 Å². The first-order valence-corrected chi connectivity index (χ1v) is 8.21. The molecule has 1 unspecified atom stereocenters. The molecule has 0 saturated carbocycles. The topological polar surface area (TPSA) is 24.5 Å². The van der Waals surface area contributed by atoms with Gasteiger partial charge in [0.05, 0.1) is 6.61 Å². The van der Waals surface area contributed by atoms with Crippen LogP contribution in [0.5, 0.6) is 0 Å². The second-order valence-corrected chi connectivity index (χ2v) is 6.52. The molecule has 1 heterocycles. The van der Waals surface area contributed by atoms with E-state index in [0.29, 0.717) is 0 Å². The highest BCUT2D eigenvalue weighted by Crippen LogP contribution is 2.30. The number of rotatable bonds is 7. The molecular formula is C18H30N2O. The van der Waals surface area contributed by atoms with E-state index in [0.717, 1.165) is 32.8 Å². The van der Waals surface area contributed by atoms with E-state index in [-0.39, 0.29) is 5.41 Å². The Morgan fingerprint density at radius 1 is 1.29 bits per heavy atom. The maximum atomic E-state index is 5.81. The van der Waals surface area contributed by atoms with E-state index in [1.165, 1.54) is 30.5 Å². The van der Waals surface area contributed by atoms with Crippen molar-refractivity contribution in [3.63, 3.8) is 0 Å². The highest BCUT2D eigenvalue weighted by molar-refractivity contribution is 5.47. The summed E-state index contributed by atoms with van der Waals surface area (Å²) in [6.45, 7) is 9.34. The number of benzene rings is 1. The summed E-state index contributed by atoms with van der Waals surface area (Å²) in [5, 5.41) is 3.60. The smallest absolute Gasteiger partial charge is 0.0551 e. The first kappa shape index (κ1) is 16.3. The van der Waals surface area contributed by atoms with Crippen LogP contribution >= 0.6 is 0 Å². The van der Waals surface area contributed by atoms with Crippen LogP contribution in [0, 0.1) is 12.3 Å². The summed E-state index contributed by atoms with van der Waals surface area (Å²) in [7, 11) is 2.20. The van der Waals surface area contributed by atoms with Crippen molar-refractivity contribution in [2.45, 2.75) is 33.1 Å². The SMILES string of the molecule is CCCNCC1(CN(C)c2ccc(C)cc2)CCCOC1. The summed E-state index contributed by atoms with van der Waals surface area (Å²) in [5.74, 6) is 0. The molecule has 0 spiro atoms. The Morgan fingerprint density at radius 3 is 2.67 bits per heavy atom. The molecule has 1 atom stereocenters. The molecule has 1 N–H and O–H groups in total. The van der Waals surface area contributed by atoms with Crippen molar-refractivity contribution >= 4 is 5.69 Å². The quantitative estimate of drug-likeness (QED) is 0.780. The fourth-order valence-electron chi connectivity index (χ4n) is 3.15. The van der Waals surface area contributed by atoms with Crippen LogP contribution in [0.2, 0.25) is 0 Å². The fourth-order valence-corrected chi connectivity index (χ4v) is 3.15. The molecule has 0 aromatic heterocycles. The summed E-state index contributed by atoms with van der Waals surface area (Å²) in [4.78, 5) is 2.38. The van der Waals surface area contributed by atoms with Crippen molar-refractivity contribution in [3.05, 3.63) is 29.8 Å². The van der Waals surface area contributed by atoms with Crippen molar-refractivity contribution < 1.29 is 4.74 Å². The molecular weight excluding hydrogens is 260 g/mol. The van der Waals surface area contributed by atoms with Gasteiger partial charge in [0.25, 0.3) is 0 Å². The fraction of sp³-hybridized carbons (Fsp3) is 0.667. The first-order valence-electron chi connectivity index (χ1n) is 8.21. The summed E-state index contributed by atoms with van der Waals surface area (Å²) in [6.07, 6.45) is 3.61. The van der Waals surface area contributed by atoms with Gasteiger partial charge in [0.2, 0.25) is 0 Å². The lowest BCUT2D eigenvalue weighted by molar-refractivity contribution is -0.00264. The summed E-state index contributed by atoms with van der Waals surface area (Å²) < 4.78 is 5.81. The Bertz CT molecular complexity index is 410. The average Bonchev–Trinajstić information content (AvgIpc) is 2.49. The molecule has 1 saturated heterocycles. The van der Waals surface area contributed by atoms with Crippen molar-refractivity contribution in [1.82, 2.24) is 5.32 Å². The molecule has 1 aliphatic heterocycles. The molecule has 0 bridgehead atoms. The minimum Gasteiger partial charge on any atom is -0.381 e. The minimum absolute atomic E-state index is 0.243. The molecule has 3 heteroatoms. The molecule has 2 rings (SSSR count). The van der Waals surface area contributed by atoms with Gasteiger partial charge in [-0.1, -0.05) is 24.6 Å². The van der Waals surface area contributed by atoms with Crippen LogP contribution in [0.3, 0.4) is 0 Å². The lowest BCUT2D eigenvalue weighted by Crippen LogP contribution is -2.48. The van der Waals surface area contributed by atoms with Gasteiger partial charge in [-0.2, -0.15) is 0 Å². The van der Waals surface area contributed by atoms with Gasteiger partial charge in [-0.3, -0.25) is 0 Å². The largest absolute Gasteiger partial charge is 0.381 e. The van der Waals surface area contributed by atoms with Gasteiger partial charge in [0.15, 0.2) is 0 Å². The Labute approximate surface area is 129 Å². The zero-order valence-corrected chi connectivity index (χ0v) is 13.8. The maximum absolute atomic E-state index is 5.81. The Kier molecular flexibility index (Phi) is 6.07. The van der Waals surface area contributed by atoms with Gasteiger partial charge >= 0.3 is 0 Å². The maximum Gasteiger partial charge on any atom is 0.0551 e. The van der Waals surface area contributed by atoms with E-state index in [9.17, 15) is 0 Å². The number of nitrogens with one attached hydrogen (secondary N) is 1. The predicted octanol–water partition coefficient (Wildman–Crippen LogP) is 3.23. The van der Waals surface area contributed by atoms with Crippen molar-refractivity contribution in [3.8, 4) is 0 Å². The third kappa shape index (κ3) is 4.72. The third-order valence-corrected chi connectivity index (χ3v) is 4.38. The second kappa shape index (κ2) is 7.81. The molecule has 1 fully saturated rings. The van der Waals surface area contributed by atoms with Gasteiger partial charge in [-0.05, 0) is 44.9 Å². The van der Waals surface area contributed by atoms with Crippen molar-refractivity contribution in [2.24, 2.45) is 5.41 Å². The Balaban J connectivity index is 2.01. The predicted molar refractivity (Wildman–Crippen MR) is 90.1 cm³/mol. The van der Waals surface area contributed by atoms with Crippen molar-refractivity contribution in [1.29, 1.82) is 0 Å². The zero-order chi connectivity index (χ0) is 15.1. The van der Waals surface area contributed by atoms with E-state index in [4.69, 9.17) is 4.74 Å². The van der Waals surface area contributed by atoms with Crippen LogP contribution in [-0.4, -0.2) is 39.9 Å². The van der Waals surface area contributed by atoms with Crippen molar-refractivity contribution in [2.75, 3.05) is 44.8 Å². The van der Waals surface area contributed by atoms with Crippen LogP contribution in [0.4, 0.5) is 5.69 Å². The molecule has 0 radical (unpaired) electrons. The van der Waals surface area contributed by atoms with Crippen LogP contribution in [0.25, 0.3) is 0 Å². The number of nitrogens with zero attached hydrogens (tertiary/aromatic N) is 1. The number of hydrogen-bond acceptors (Lipinski definition) is 3. The molecule has 118 valence electrons. The van der Waals surface area contributed by atoms with Crippen LogP contribution < -0.4 is 10.2 Å². The highest BCUT2D eigenvalue weighted by atomic mass is 16.5. The first-order chi connectivity index (χ1) is 10.2. The van der Waals surface area contributed by atoms with Gasteiger partial charge in [0.1, 0.15) is 0 Å². The lowest BCUT2D eigenvalue weighted by atomic mass is 9.81. The summed E-state index contributed by atoms with van der Waals surface area (Å²) in [5.41, 5.74) is 2.85. The summed E-state index contributed by atoms with van der Waals surface area (Å²) in [6, 6.07) is 8.80. The number of ether oxygens (including phenoxy) is 1. The van der Waals surface area contributed by atoms with E-state index < -0.39 is 0 Å². The van der Waals surface area contributed by atoms with E-state index in [1.54, 1.807) is 0 Å². The van der Waals surface area contributed by atoms with Crippen LogP contribution in [0.15, 0.2) is 24.3 Å². The number of hydrogen-bond donors (Lipinski definition) is 1. The molecule has 1 aromatic carbocycles. The zero-order valence-electron chi connectivity index (χ0n) is 13.8. The van der Waals surface area contributed by atoms with E-state index >= 15 is 0 Å². The third-order valence-electron chi connectivity index (χ3n) is 4.38. The standard InChI is InChI=1S/C18H30N2O/c1-4-11-19-13-18(10-5-12-21-15-18)14-20(3)17-8-6-16(2)7-9-17/h6-9,19H,4-5,10-15H2,1-3H3. The molecule has 0 aliphatic carbocycles. The molecule has 1 aliphatic rings. The van der Waals surface area contributed by atoms with E-state index in [2.05, 4.69) is 55.4 Å². The minimum atomic E-state index is 0.243. The summed E-state index contributed by atoms with van der Waals surface area (Å²) >= 11 is 0.